The predicted molar refractivity (Wildman–Crippen MR) is 30.8 cm³/mol. The number of hydrogen-bond acceptors (Lipinski definition) is 0. The van der Waals surface area contributed by atoms with Crippen LogP contribution in [0.25, 0.3) is 0 Å². The van der Waals surface area contributed by atoms with Crippen LogP contribution < -0.4 is 0 Å². The summed E-state index contributed by atoms with van der Waals surface area (Å²) >= 11 is 0. The fourth-order valence-electron chi connectivity index (χ4n) is 0.924. The fraction of sp³-hybridized carbons (Fsp3) is 0.714. The van der Waals surface area contributed by atoms with Gasteiger partial charge in [-0.3, -0.25) is 0 Å². The fourth-order valence-corrected chi connectivity index (χ4v) is 0.924. The minimum absolute atomic E-state index is 0.861. The number of rotatable bonds is 1. The van der Waals surface area contributed by atoms with Gasteiger partial charge in [-0.25, -0.2) is 0 Å². The SMILES string of the molecule is CCC1C=[C]CC1. The molecule has 39 valence electrons. The summed E-state index contributed by atoms with van der Waals surface area (Å²) in [5.41, 5.74) is 0. The van der Waals surface area contributed by atoms with Crippen molar-refractivity contribution in [1.29, 1.82) is 0 Å². The Balaban J connectivity index is 2.28. The quantitative estimate of drug-likeness (QED) is 0.468. The molecule has 0 amide bonds. The molecule has 0 aromatic heterocycles. The van der Waals surface area contributed by atoms with Crippen LogP contribution in [-0.4, -0.2) is 0 Å². The highest BCUT2D eigenvalue weighted by Crippen LogP contribution is 2.18. The van der Waals surface area contributed by atoms with E-state index in [0.717, 1.165) is 5.92 Å². The van der Waals surface area contributed by atoms with Crippen LogP contribution in [0.5, 0.6) is 0 Å². The van der Waals surface area contributed by atoms with Crippen molar-refractivity contribution < 1.29 is 0 Å². The highest BCUT2D eigenvalue weighted by atomic mass is 14.1. The molecule has 0 nitrogen and oxygen atoms in total. The van der Waals surface area contributed by atoms with Crippen LogP contribution in [-0.2, 0) is 0 Å². The smallest absolute Gasteiger partial charge is 0.0227 e. The molecule has 0 N–H and O–H groups in total. The molecule has 1 rings (SSSR count). The summed E-state index contributed by atoms with van der Waals surface area (Å²) in [6.45, 7) is 2.23. The highest BCUT2D eigenvalue weighted by molar-refractivity contribution is 4.89. The van der Waals surface area contributed by atoms with E-state index in [0.29, 0.717) is 0 Å². The molecule has 0 aromatic rings. The third-order valence-electron chi connectivity index (χ3n) is 1.54. The van der Waals surface area contributed by atoms with Gasteiger partial charge in [0.2, 0.25) is 0 Å². The molecule has 0 bridgehead atoms. The average molecular weight is 95.2 g/mol. The van der Waals surface area contributed by atoms with E-state index in [1.165, 1.54) is 19.3 Å². The van der Waals surface area contributed by atoms with Gasteiger partial charge in [0, 0.05) is 0 Å². The van der Waals surface area contributed by atoms with E-state index in [2.05, 4.69) is 19.1 Å². The second-order valence-electron chi connectivity index (χ2n) is 2.08. The summed E-state index contributed by atoms with van der Waals surface area (Å²) in [7, 11) is 0. The second-order valence-corrected chi connectivity index (χ2v) is 2.08. The van der Waals surface area contributed by atoms with E-state index in [-0.39, 0.29) is 0 Å². The standard InChI is InChI=1S/C7H11/c1-2-7-5-3-4-6-7/h6-7H,2-3,5H2,1H3. The molecule has 0 saturated carbocycles. The molecule has 1 aliphatic carbocycles. The van der Waals surface area contributed by atoms with E-state index in [1.54, 1.807) is 0 Å². The Morgan fingerprint density at radius 1 is 1.86 bits per heavy atom. The van der Waals surface area contributed by atoms with Crippen molar-refractivity contribution >= 4 is 0 Å². The summed E-state index contributed by atoms with van der Waals surface area (Å²) in [5.74, 6) is 0.861. The Morgan fingerprint density at radius 2 is 2.71 bits per heavy atom. The predicted octanol–water partition coefficient (Wildman–Crippen LogP) is 2.17. The van der Waals surface area contributed by atoms with E-state index in [4.69, 9.17) is 0 Å². The number of hydrogen-bond donors (Lipinski definition) is 0. The molecule has 0 aromatic carbocycles. The highest BCUT2D eigenvalue weighted by Gasteiger charge is 2.04. The first-order valence-corrected chi connectivity index (χ1v) is 3.00. The van der Waals surface area contributed by atoms with E-state index >= 15 is 0 Å². The molecule has 0 aliphatic heterocycles. The normalized spacial score (nSPS) is 29.0. The molecular weight excluding hydrogens is 84.1 g/mol. The van der Waals surface area contributed by atoms with Gasteiger partial charge >= 0.3 is 0 Å². The molecule has 1 atom stereocenters. The first-order valence-electron chi connectivity index (χ1n) is 3.00. The van der Waals surface area contributed by atoms with Crippen molar-refractivity contribution in [2.24, 2.45) is 5.92 Å². The van der Waals surface area contributed by atoms with Gasteiger partial charge in [0.05, 0.1) is 0 Å². The first kappa shape index (κ1) is 4.89. The molecule has 0 fully saturated rings. The molecule has 0 spiro atoms. The largest absolute Gasteiger partial charge is 0.0779 e. The average Bonchev–Trinajstić information content (AvgIpc) is 2.14. The van der Waals surface area contributed by atoms with Crippen molar-refractivity contribution in [1.82, 2.24) is 0 Å². The minimum atomic E-state index is 0.861. The summed E-state index contributed by atoms with van der Waals surface area (Å²) in [4.78, 5) is 0. The van der Waals surface area contributed by atoms with Crippen molar-refractivity contribution in [2.45, 2.75) is 26.2 Å². The van der Waals surface area contributed by atoms with E-state index < -0.39 is 0 Å². The van der Waals surface area contributed by atoms with Crippen LogP contribution in [0, 0.1) is 12.0 Å². The van der Waals surface area contributed by atoms with Crippen LogP contribution in [0.3, 0.4) is 0 Å². The van der Waals surface area contributed by atoms with Gasteiger partial charge in [-0.2, -0.15) is 0 Å². The van der Waals surface area contributed by atoms with Gasteiger partial charge in [-0.05, 0) is 31.3 Å². The van der Waals surface area contributed by atoms with Crippen molar-refractivity contribution in [3.8, 4) is 0 Å². The van der Waals surface area contributed by atoms with Gasteiger partial charge in [0.1, 0.15) is 0 Å². The molecule has 1 unspecified atom stereocenters. The molecular formula is C7H11. The zero-order chi connectivity index (χ0) is 5.11. The molecule has 1 radical (unpaired) electrons. The Kier molecular flexibility index (Phi) is 1.50. The van der Waals surface area contributed by atoms with Crippen molar-refractivity contribution in [3.05, 3.63) is 12.2 Å². The van der Waals surface area contributed by atoms with E-state index in [1.807, 2.05) is 0 Å². The van der Waals surface area contributed by atoms with Crippen LogP contribution in [0.2, 0.25) is 0 Å². The molecule has 7 heavy (non-hydrogen) atoms. The maximum Gasteiger partial charge on any atom is -0.0227 e. The lowest BCUT2D eigenvalue weighted by Gasteiger charge is -1.97. The van der Waals surface area contributed by atoms with Crippen LogP contribution >= 0.6 is 0 Å². The third kappa shape index (κ3) is 1.05. The van der Waals surface area contributed by atoms with Crippen LogP contribution in [0.4, 0.5) is 0 Å². The Hall–Kier alpha value is -0.260. The summed E-state index contributed by atoms with van der Waals surface area (Å²) in [6, 6.07) is 0. The lowest BCUT2D eigenvalue weighted by molar-refractivity contribution is 0.611. The Bertz CT molecular complexity index is 72.1. The number of allylic oxidation sites excluding steroid dienone is 2. The topological polar surface area (TPSA) is 0 Å². The van der Waals surface area contributed by atoms with Crippen LogP contribution in [0.1, 0.15) is 26.2 Å². The first-order chi connectivity index (χ1) is 3.43. The summed E-state index contributed by atoms with van der Waals surface area (Å²) in [6.07, 6.45) is 9.24. The maximum absolute atomic E-state index is 3.20. The zero-order valence-corrected chi connectivity index (χ0v) is 4.78. The van der Waals surface area contributed by atoms with Crippen molar-refractivity contribution in [3.63, 3.8) is 0 Å². The molecule has 1 aliphatic rings. The zero-order valence-electron chi connectivity index (χ0n) is 4.78. The Morgan fingerprint density at radius 3 is 3.00 bits per heavy atom. The van der Waals surface area contributed by atoms with Crippen LogP contribution in [0.15, 0.2) is 6.08 Å². The summed E-state index contributed by atoms with van der Waals surface area (Å²) in [5, 5.41) is 0. The van der Waals surface area contributed by atoms with Gasteiger partial charge < -0.3 is 0 Å². The third-order valence-corrected chi connectivity index (χ3v) is 1.54. The minimum Gasteiger partial charge on any atom is -0.0779 e. The van der Waals surface area contributed by atoms with Gasteiger partial charge in [-0.15, -0.1) is 0 Å². The lowest BCUT2D eigenvalue weighted by atomic mass is 10.1. The van der Waals surface area contributed by atoms with Gasteiger partial charge in [-0.1, -0.05) is 13.0 Å². The molecule has 0 heterocycles. The second kappa shape index (κ2) is 2.15. The molecule has 0 saturated heterocycles. The van der Waals surface area contributed by atoms with Gasteiger partial charge in [0.15, 0.2) is 0 Å². The lowest BCUT2D eigenvalue weighted by Crippen LogP contribution is -1.84. The summed E-state index contributed by atoms with van der Waals surface area (Å²) < 4.78 is 0. The molecule has 0 heteroatoms. The van der Waals surface area contributed by atoms with E-state index in [9.17, 15) is 0 Å². The monoisotopic (exact) mass is 95.1 g/mol. The Labute approximate surface area is 45.2 Å². The maximum atomic E-state index is 3.20. The van der Waals surface area contributed by atoms with Crippen molar-refractivity contribution in [2.75, 3.05) is 0 Å². The van der Waals surface area contributed by atoms with Gasteiger partial charge in [0.25, 0.3) is 0 Å².